The van der Waals surface area contributed by atoms with Crippen LogP contribution in [0.2, 0.25) is 0 Å². The number of aromatic nitrogens is 1. The quantitative estimate of drug-likeness (QED) is 0.659. The van der Waals surface area contributed by atoms with Crippen molar-refractivity contribution in [3.05, 3.63) is 77.1 Å². The topological polar surface area (TPSA) is 36.4 Å². The van der Waals surface area contributed by atoms with Crippen LogP contribution in [0.5, 0.6) is 0 Å². The van der Waals surface area contributed by atoms with Crippen molar-refractivity contribution in [1.29, 1.82) is 0 Å². The van der Waals surface area contributed by atoms with Crippen LogP contribution in [0, 0.1) is 5.82 Å². The Hall–Kier alpha value is -2.57. The lowest BCUT2D eigenvalue weighted by Gasteiger charge is -2.34. The predicted octanol–water partition coefficient (Wildman–Crippen LogP) is 3.84. The van der Waals surface area contributed by atoms with E-state index in [0.29, 0.717) is 6.42 Å². The Morgan fingerprint density at radius 1 is 1.04 bits per heavy atom. The zero-order valence-electron chi connectivity index (χ0n) is 15.6. The van der Waals surface area contributed by atoms with Crippen molar-refractivity contribution in [2.45, 2.75) is 13.0 Å². The van der Waals surface area contributed by atoms with Crippen LogP contribution in [0.3, 0.4) is 0 Å². The average Bonchev–Trinajstić information content (AvgIpc) is 3.18. The Bertz CT molecular complexity index is 936. The van der Waals surface area contributed by atoms with Crippen LogP contribution < -0.4 is 0 Å². The molecular formula is C22H22FN3OS. The second-order valence-corrected chi connectivity index (χ2v) is 7.83. The van der Waals surface area contributed by atoms with E-state index in [0.717, 1.165) is 49.0 Å². The van der Waals surface area contributed by atoms with Crippen molar-refractivity contribution in [2.24, 2.45) is 0 Å². The van der Waals surface area contributed by atoms with Gasteiger partial charge < -0.3 is 4.90 Å². The number of amides is 1. The van der Waals surface area contributed by atoms with E-state index in [2.05, 4.69) is 34.1 Å². The van der Waals surface area contributed by atoms with Gasteiger partial charge in [0.2, 0.25) is 5.91 Å². The molecule has 6 heteroatoms. The third-order valence-electron chi connectivity index (χ3n) is 4.93. The van der Waals surface area contributed by atoms with Crippen molar-refractivity contribution in [2.75, 3.05) is 26.2 Å². The summed E-state index contributed by atoms with van der Waals surface area (Å²) in [6.45, 7) is 4.17. The fraction of sp³-hybridized carbons (Fsp3) is 0.273. The zero-order valence-corrected chi connectivity index (χ0v) is 16.4. The smallest absolute Gasteiger partial charge is 0.228 e. The number of nitrogens with zero attached hydrogens (tertiary/aromatic N) is 3. The molecule has 0 bridgehead atoms. The summed E-state index contributed by atoms with van der Waals surface area (Å²) < 4.78 is 13.4. The molecule has 0 saturated carbocycles. The molecule has 4 nitrogen and oxygen atoms in total. The van der Waals surface area contributed by atoms with E-state index in [4.69, 9.17) is 0 Å². The summed E-state index contributed by atoms with van der Waals surface area (Å²) in [4.78, 5) is 21.5. The molecule has 2 heterocycles. The number of rotatable bonds is 5. The van der Waals surface area contributed by atoms with Crippen molar-refractivity contribution >= 4 is 17.2 Å². The fourth-order valence-electron chi connectivity index (χ4n) is 3.41. The van der Waals surface area contributed by atoms with E-state index in [1.807, 2.05) is 22.4 Å². The molecule has 1 saturated heterocycles. The van der Waals surface area contributed by atoms with Gasteiger partial charge in [-0.2, -0.15) is 0 Å². The summed E-state index contributed by atoms with van der Waals surface area (Å²) in [5.41, 5.74) is 2.80. The molecule has 4 rings (SSSR count). The third kappa shape index (κ3) is 4.64. The summed E-state index contributed by atoms with van der Waals surface area (Å²) in [5.74, 6) is -0.172. The molecule has 0 atom stereocenters. The minimum absolute atomic E-state index is 0.107. The van der Waals surface area contributed by atoms with Gasteiger partial charge in [-0.15, -0.1) is 11.3 Å². The number of hydrogen-bond donors (Lipinski definition) is 0. The van der Waals surface area contributed by atoms with Gasteiger partial charge in [0.15, 0.2) is 0 Å². The summed E-state index contributed by atoms with van der Waals surface area (Å²) in [6.07, 6.45) is 0.296. The molecular weight excluding hydrogens is 373 g/mol. The highest BCUT2D eigenvalue weighted by Gasteiger charge is 2.22. The molecule has 1 fully saturated rings. The van der Waals surface area contributed by atoms with E-state index in [-0.39, 0.29) is 11.7 Å². The Kier molecular flexibility index (Phi) is 5.78. The van der Waals surface area contributed by atoms with Gasteiger partial charge in [-0.1, -0.05) is 42.5 Å². The van der Waals surface area contributed by atoms with E-state index in [1.165, 1.54) is 29.0 Å². The molecule has 144 valence electrons. The molecule has 0 N–H and O–H groups in total. The van der Waals surface area contributed by atoms with Crippen LogP contribution in [0.4, 0.5) is 4.39 Å². The van der Waals surface area contributed by atoms with Gasteiger partial charge in [0, 0.05) is 43.7 Å². The standard InChI is InChI=1S/C22H22FN3OS/c23-19-8-4-7-18(13-19)22-24-20(16-28-22)14-21(27)26-11-9-25(10-12-26)15-17-5-2-1-3-6-17/h1-8,13,16H,9-12,14-15H2. The monoisotopic (exact) mass is 395 g/mol. The van der Waals surface area contributed by atoms with Crippen LogP contribution in [0.15, 0.2) is 60.0 Å². The molecule has 0 unspecified atom stereocenters. The average molecular weight is 396 g/mol. The van der Waals surface area contributed by atoms with Crippen LogP contribution in [0.1, 0.15) is 11.3 Å². The first-order valence-electron chi connectivity index (χ1n) is 9.42. The Morgan fingerprint density at radius 2 is 1.82 bits per heavy atom. The van der Waals surface area contributed by atoms with Crippen molar-refractivity contribution in [3.8, 4) is 10.6 Å². The molecule has 3 aromatic rings. The number of thiazole rings is 1. The second-order valence-electron chi connectivity index (χ2n) is 6.97. The molecule has 1 aliphatic heterocycles. The van der Waals surface area contributed by atoms with Gasteiger partial charge >= 0.3 is 0 Å². The highest BCUT2D eigenvalue weighted by molar-refractivity contribution is 7.13. The minimum Gasteiger partial charge on any atom is -0.340 e. The molecule has 1 aliphatic rings. The fourth-order valence-corrected chi connectivity index (χ4v) is 4.22. The van der Waals surface area contributed by atoms with Crippen LogP contribution in [-0.4, -0.2) is 46.9 Å². The lowest BCUT2D eigenvalue weighted by atomic mass is 10.2. The molecule has 0 radical (unpaired) electrons. The van der Waals surface area contributed by atoms with Gasteiger partial charge in [-0.05, 0) is 17.7 Å². The first-order valence-corrected chi connectivity index (χ1v) is 10.3. The second kappa shape index (κ2) is 8.63. The first kappa shape index (κ1) is 18.8. The maximum atomic E-state index is 13.4. The van der Waals surface area contributed by atoms with Crippen LogP contribution in [0.25, 0.3) is 10.6 Å². The maximum Gasteiger partial charge on any atom is 0.228 e. The number of hydrogen-bond acceptors (Lipinski definition) is 4. The molecule has 1 aromatic heterocycles. The molecule has 0 aliphatic carbocycles. The first-order chi connectivity index (χ1) is 13.7. The van der Waals surface area contributed by atoms with Crippen molar-refractivity contribution in [1.82, 2.24) is 14.8 Å². The molecule has 28 heavy (non-hydrogen) atoms. The van der Waals surface area contributed by atoms with Gasteiger partial charge in [0.1, 0.15) is 10.8 Å². The van der Waals surface area contributed by atoms with Crippen LogP contribution in [-0.2, 0) is 17.8 Å². The van der Waals surface area contributed by atoms with Gasteiger partial charge in [0.05, 0.1) is 12.1 Å². The number of piperazine rings is 1. The molecule has 0 spiro atoms. The maximum absolute atomic E-state index is 13.4. The number of carbonyl (C=O) groups is 1. The van der Waals surface area contributed by atoms with Crippen molar-refractivity contribution < 1.29 is 9.18 Å². The summed E-state index contributed by atoms with van der Waals surface area (Å²) in [6, 6.07) is 16.8. The number of halogens is 1. The molecule has 2 aromatic carbocycles. The highest BCUT2D eigenvalue weighted by atomic mass is 32.1. The summed E-state index contributed by atoms with van der Waals surface area (Å²) >= 11 is 1.44. The van der Waals surface area contributed by atoms with Crippen LogP contribution >= 0.6 is 11.3 Å². The number of benzene rings is 2. The van der Waals surface area contributed by atoms with E-state index in [1.54, 1.807) is 6.07 Å². The largest absolute Gasteiger partial charge is 0.340 e. The van der Waals surface area contributed by atoms with E-state index in [9.17, 15) is 9.18 Å². The Balaban J connectivity index is 1.30. The predicted molar refractivity (Wildman–Crippen MR) is 110 cm³/mol. The SMILES string of the molecule is O=C(Cc1csc(-c2cccc(F)c2)n1)N1CCN(Cc2ccccc2)CC1. The van der Waals surface area contributed by atoms with E-state index >= 15 is 0 Å². The van der Waals surface area contributed by atoms with Crippen molar-refractivity contribution in [3.63, 3.8) is 0 Å². The zero-order chi connectivity index (χ0) is 19.3. The lowest BCUT2D eigenvalue weighted by molar-refractivity contribution is -0.132. The third-order valence-corrected chi connectivity index (χ3v) is 5.87. The van der Waals surface area contributed by atoms with Gasteiger partial charge in [-0.25, -0.2) is 9.37 Å². The van der Waals surface area contributed by atoms with Gasteiger partial charge in [0.25, 0.3) is 0 Å². The van der Waals surface area contributed by atoms with E-state index < -0.39 is 0 Å². The summed E-state index contributed by atoms with van der Waals surface area (Å²) in [5, 5.41) is 2.64. The Labute approximate surface area is 168 Å². The lowest BCUT2D eigenvalue weighted by Crippen LogP contribution is -2.48. The van der Waals surface area contributed by atoms with Gasteiger partial charge in [-0.3, -0.25) is 9.69 Å². The highest BCUT2D eigenvalue weighted by Crippen LogP contribution is 2.24. The minimum atomic E-state index is -0.279. The Morgan fingerprint density at radius 3 is 2.57 bits per heavy atom. The molecule has 1 amide bonds. The normalized spacial score (nSPS) is 15.0. The number of carbonyl (C=O) groups excluding carboxylic acids is 1. The summed E-state index contributed by atoms with van der Waals surface area (Å²) in [7, 11) is 0.